The first-order valence-electron chi connectivity index (χ1n) is 7.51. The lowest BCUT2D eigenvalue weighted by atomic mass is 9.99. The Bertz CT molecular complexity index is 449. The van der Waals surface area contributed by atoms with Crippen molar-refractivity contribution in [1.29, 1.82) is 0 Å². The van der Waals surface area contributed by atoms with E-state index in [4.69, 9.17) is 0 Å². The largest absolute Gasteiger partial charge is 0.341 e. The minimum absolute atomic E-state index is 0.0371. The van der Waals surface area contributed by atoms with Crippen LogP contribution in [0.25, 0.3) is 0 Å². The van der Waals surface area contributed by atoms with Crippen molar-refractivity contribution in [3.8, 4) is 0 Å². The number of thiophene rings is 1. The molecule has 3 nitrogen and oxygen atoms in total. The molecule has 1 aliphatic rings. The van der Waals surface area contributed by atoms with Gasteiger partial charge in [-0.25, -0.2) is 0 Å². The molecule has 1 fully saturated rings. The molecule has 0 aliphatic carbocycles. The van der Waals surface area contributed by atoms with Crippen LogP contribution in [-0.4, -0.2) is 41.9 Å². The fourth-order valence-electron chi connectivity index (χ4n) is 2.61. The van der Waals surface area contributed by atoms with Crippen LogP contribution >= 0.6 is 11.3 Å². The molecule has 0 aromatic carbocycles. The molecule has 1 aromatic heterocycles. The van der Waals surface area contributed by atoms with Crippen molar-refractivity contribution in [3.63, 3.8) is 0 Å². The first-order valence-corrected chi connectivity index (χ1v) is 8.39. The molecule has 2 rings (SSSR count). The summed E-state index contributed by atoms with van der Waals surface area (Å²) in [5.74, 6) is 1.05. The molecule has 0 radical (unpaired) electrons. The van der Waals surface area contributed by atoms with Crippen molar-refractivity contribution in [2.75, 3.05) is 20.1 Å². The number of piperidine rings is 1. The van der Waals surface area contributed by atoms with Crippen molar-refractivity contribution in [1.82, 2.24) is 9.80 Å². The number of hydrogen-bond donors (Lipinski definition) is 0. The second-order valence-electron chi connectivity index (χ2n) is 6.13. The Labute approximate surface area is 126 Å². The van der Waals surface area contributed by atoms with E-state index in [2.05, 4.69) is 30.2 Å². The van der Waals surface area contributed by atoms with Gasteiger partial charge in [-0.05, 0) is 56.7 Å². The Morgan fingerprint density at radius 1 is 1.50 bits per heavy atom. The van der Waals surface area contributed by atoms with E-state index in [1.165, 1.54) is 10.4 Å². The molecule has 1 aliphatic heterocycles. The molecular formula is C16H26N2OS. The van der Waals surface area contributed by atoms with Crippen molar-refractivity contribution in [2.24, 2.45) is 5.92 Å². The van der Waals surface area contributed by atoms with Crippen LogP contribution in [0.3, 0.4) is 0 Å². The quantitative estimate of drug-likeness (QED) is 0.852. The number of amides is 1. The number of likely N-dealkylation sites (tertiary alicyclic amines) is 1. The van der Waals surface area contributed by atoms with Crippen LogP contribution in [0.1, 0.15) is 37.1 Å². The molecule has 0 spiro atoms. The van der Waals surface area contributed by atoms with Crippen molar-refractivity contribution in [3.05, 3.63) is 21.9 Å². The van der Waals surface area contributed by atoms with Crippen LogP contribution in [0.15, 0.2) is 11.4 Å². The fourth-order valence-corrected chi connectivity index (χ4v) is 3.58. The number of aryl methyl sites for hydroxylation is 1. The van der Waals surface area contributed by atoms with Crippen LogP contribution in [0.5, 0.6) is 0 Å². The molecule has 0 N–H and O–H groups in total. The molecule has 2 heterocycles. The summed E-state index contributed by atoms with van der Waals surface area (Å²) < 4.78 is 0. The summed E-state index contributed by atoms with van der Waals surface area (Å²) in [4.78, 5) is 18.1. The van der Waals surface area contributed by atoms with E-state index < -0.39 is 0 Å². The third-order valence-corrected chi connectivity index (χ3v) is 5.48. The van der Waals surface area contributed by atoms with Crippen LogP contribution in [0.2, 0.25) is 0 Å². The predicted octanol–water partition coefficient (Wildman–Crippen LogP) is 3.14. The first-order chi connectivity index (χ1) is 9.49. The van der Waals surface area contributed by atoms with Crippen molar-refractivity contribution in [2.45, 2.75) is 46.2 Å². The highest BCUT2D eigenvalue weighted by Gasteiger charge is 2.26. The summed E-state index contributed by atoms with van der Waals surface area (Å²) in [6.07, 6.45) is 2.29. The zero-order valence-corrected chi connectivity index (χ0v) is 13.9. The molecule has 0 saturated carbocycles. The van der Waals surface area contributed by atoms with E-state index in [1.54, 1.807) is 11.3 Å². The topological polar surface area (TPSA) is 23.6 Å². The highest BCUT2D eigenvalue weighted by molar-refractivity contribution is 7.10. The number of nitrogens with zero attached hydrogens (tertiary/aromatic N) is 2. The Kier molecular flexibility index (Phi) is 5.22. The van der Waals surface area contributed by atoms with Crippen LogP contribution < -0.4 is 0 Å². The monoisotopic (exact) mass is 294 g/mol. The summed E-state index contributed by atoms with van der Waals surface area (Å²) in [7, 11) is 2.05. The van der Waals surface area contributed by atoms with Crippen LogP contribution in [-0.2, 0) is 11.3 Å². The van der Waals surface area contributed by atoms with Gasteiger partial charge in [0, 0.05) is 24.5 Å². The van der Waals surface area contributed by atoms with Gasteiger partial charge in [-0.2, -0.15) is 0 Å². The molecule has 1 unspecified atom stereocenters. The van der Waals surface area contributed by atoms with Gasteiger partial charge in [-0.1, -0.05) is 6.92 Å². The van der Waals surface area contributed by atoms with Gasteiger partial charge in [0.2, 0.25) is 5.91 Å². The molecule has 0 bridgehead atoms. The van der Waals surface area contributed by atoms with Crippen LogP contribution in [0, 0.1) is 12.8 Å². The number of likely N-dealkylation sites (N-methyl/N-ethyl adjacent to an activating group) is 1. The summed E-state index contributed by atoms with van der Waals surface area (Å²) in [5.41, 5.74) is 1.33. The van der Waals surface area contributed by atoms with E-state index in [1.807, 2.05) is 18.9 Å². The second kappa shape index (κ2) is 6.72. The second-order valence-corrected chi connectivity index (χ2v) is 7.13. The van der Waals surface area contributed by atoms with Gasteiger partial charge in [-0.3, -0.25) is 9.69 Å². The van der Waals surface area contributed by atoms with E-state index in [9.17, 15) is 4.79 Å². The fraction of sp³-hybridized carbons (Fsp3) is 0.688. The van der Waals surface area contributed by atoms with Gasteiger partial charge < -0.3 is 4.90 Å². The highest BCUT2D eigenvalue weighted by Crippen LogP contribution is 2.20. The lowest BCUT2D eigenvalue weighted by molar-refractivity contribution is -0.137. The Hall–Kier alpha value is -0.870. The molecule has 1 saturated heterocycles. The van der Waals surface area contributed by atoms with Gasteiger partial charge in [0.15, 0.2) is 0 Å². The molecule has 20 heavy (non-hydrogen) atoms. The van der Waals surface area contributed by atoms with Gasteiger partial charge in [0.25, 0.3) is 0 Å². The number of hydrogen-bond acceptors (Lipinski definition) is 3. The maximum absolute atomic E-state index is 12.5. The normalized spacial score (nSPS) is 18.6. The first kappa shape index (κ1) is 15.5. The third-order valence-electron chi connectivity index (χ3n) is 4.48. The van der Waals surface area contributed by atoms with Gasteiger partial charge in [0.1, 0.15) is 0 Å². The average Bonchev–Trinajstić information content (AvgIpc) is 2.83. The maximum Gasteiger partial charge on any atom is 0.239 e. The minimum Gasteiger partial charge on any atom is -0.341 e. The predicted molar refractivity (Wildman–Crippen MR) is 85.0 cm³/mol. The Morgan fingerprint density at radius 3 is 2.70 bits per heavy atom. The van der Waals surface area contributed by atoms with E-state index >= 15 is 0 Å². The lowest BCUT2D eigenvalue weighted by Crippen LogP contribution is -2.48. The molecule has 112 valence electrons. The number of rotatable bonds is 4. The Morgan fingerprint density at radius 2 is 2.15 bits per heavy atom. The van der Waals surface area contributed by atoms with Gasteiger partial charge in [0.05, 0.1) is 6.04 Å². The molecule has 4 heteroatoms. The van der Waals surface area contributed by atoms with Crippen molar-refractivity contribution >= 4 is 17.2 Å². The van der Waals surface area contributed by atoms with Gasteiger partial charge >= 0.3 is 0 Å². The van der Waals surface area contributed by atoms with Crippen LogP contribution in [0.4, 0.5) is 0 Å². The summed E-state index contributed by atoms with van der Waals surface area (Å²) in [5, 5.41) is 2.12. The zero-order chi connectivity index (χ0) is 14.7. The molecular weight excluding hydrogens is 268 g/mol. The number of carbonyl (C=O) groups excluding carboxylic acids is 1. The summed E-state index contributed by atoms with van der Waals surface area (Å²) in [6.45, 7) is 9.16. The van der Waals surface area contributed by atoms with E-state index in [-0.39, 0.29) is 11.9 Å². The molecule has 1 amide bonds. The van der Waals surface area contributed by atoms with E-state index in [0.717, 1.165) is 38.4 Å². The average molecular weight is 294 g/mol. The third kappa shape index (κ3) is 3.61. The smallest absolute Gasteiger partial charge is 0.239 e. The lowest BCUT2D eigenvalue weighted by Gasteiger charge is -2.34. The summed E-state index contributed by atoms with van der Waals surface area (Å²) in [6, 6.07) is 2.11. The van der Waals surface area contributed by atoms with Crippen molar-refractivity contribution < 1.29 is 4.79 Å². The maximum atomic E-state index is 12.5. The zero-order valence-electron chi connectivity index (χ0n) is 13.1. The SMILES string of the molecule is Cc1ccsc1CN(C)C(C)C(=O)N1CCC(C)CC1. The summed E-state index contributed by atoms with van der Waals surface area (Å²) >= 11 is 1.78. The van der Waals surface area contributed by atoms with E-state index in [0.29, 0.717) is 0 Å². The highest BCUT2D eigenvalue weighted by atomic mass is 32.1. The minimum atomic E-state index is -0.0371. The van der Waals surface area contributed by atoms with Gasteiger partial charge in [-0.15, -0.1) is 11.3 Å². The standard InChI is InChI=1S/C16H26N2OS/c1-12-5-8-18(9-6-12)16(19)14(3)17(4)11-15-13(2)7-10-20-15/h7,10,12,14H,5-6,8-9,11H2,1-4H3. The number of carbonyl (C=O) groups is 1. The molecule has 1 atom stereocenters. The Balaban J connectivity index is 1.91. The molecule has 1 aromatic rings.